The van der Waals surface area contributed by atoms with E-state index in [9.17, 15) is 4.79 Å². The monoisotopic (exact) mass is 328 g/mol. The largest absolute Gasteiger partial charge is 0.496 e. The zero-order chi connectivity index (χ0) is 17.6. The second-order valence-electron chi connectivity index (χ2n) is 6.38. The Bertz CT molecular complexity index is 684. The number of hydrogen-bond donors (Lipinski definition) is 2. The van der Waals surface area contributed by atoms with Crippen molar-refractivity contribution < 1.29 is 14.6 Å². The highest BCUT2D eigenvalue weighted by Gasteiger charge is 2.26. The Morgan fingerprint density at radius 3 is 2.54 bits per heavy atom. The van der Waals surface area contributed by atoms with Crippen LogP contribution >= 0.6 is 0 Å². The summed E-state index contributed by atoms with van der Waals surface area (Å²) in [6, 6.07) is 9.99. The van der Waals surface area contributed by atoms with Crippen molar-refractivity contribution in [1.82, 2.24) is 10.3 Å². The molecule has 0 aliphatic rings. The summed E-state index contributed by atoms with van der Waals surface area (Å²) < 4.78 is 5.43. The van der Waals surface area contributed by atoms with E-state index < -0.39 is 11.4 Å². The molecule has 24 heavy (non-hydrogen) atoms. The average molecular weight is 328 g/mol. The van der Waals surface area contributed by atoms with E-state index in [4.69, 9.17) is 9.84 Å². The quantitative estimate of drug-likeness (QED) is 0.727. The van der Waals surface area contributed by atoms with Crippen molar-refractivity contribution in [3.63, 3.8) is 0 Å². The highest BCUT2D eigenvalue weighted by molar-refractivity contribution is 5.73. The lowest BCUT2D eigenvalue weighted by atomic mass is 9.90. The maximum Gasteiger partial charge on any atom is 0.309 e. The van der Waals surface area contributed by atoms with Crippen LogP contribution in [0.25, 0.3) is 11.1 Å². The molecule has 0 bridgehead atoms. The molecule has 0 amide bonds. The minimum atomic E-state index is -0.776. The fourth-order valence-corrected chi connectivity index (χ4v) is 2.37. The Morgan fingerprint density at radius 1 is 1.21 bits per heavy atom. The number of nitrogens with one attached hydrogen (secondary N) is 1. The van der Waals surface area contributed by atoms with Gasteiger partial charge in [0.2, 0.25) is 0 Å². The summed E-state index contributed by atoms with van der Waals surface area (Å²) in [5, 5.41) is 12.5. The molecular formula is C19H24N2O3. The van der Waals surface area contributed by atoms with Crippen LogP contribution in [-0.4, -0.2) is 29.7 Å². The lowest BCUT2D eigenvalue weighted by molar-refractivity contribution is -0.147. The third kappa shape index (κ3) is 4.55. The van der Waals surface area contributed by atoms with Gasteiger partial charge in [0.05, 0.1) is 12.5 Å². The lowest BCUT2D eigenvalue weighted by Crippen LogP contribution is -2.28. The summed E-state index contributed by atoms with van der Waals surface area (Å²) in [5.74, 6) is 0.0411. The first-order valence-electron chi connectivity index (χ1n) is 7.95. The number of aliphatic carboxylic acids is 1. The van der Waals surface area contributed by atoms with E-state index in [2.05, 4.69) is 16.4 Å². The summed E-state index contributed by atoms with van der Waals surface area (Å²) in [4.78, 5) is 15.2. The number of methoxy groups -OCH3 is 1. The molecule has 0 atom stereocenters. The number of carbonyl (C=O) groups is 1. The van der Waals surface area contributed by atoms with Gasteiger partial charge in [-0.2, -0.15) is 0 Å². The predicted octanol–water partition coefficient (Wildman–Crippen LogP) is 3.35. The first-order chi connectivity index (χ1) is 11.4. The number of pyridine rings is 1. The number of nitrogens with zero attached hydrogens (tertiary/aromatic N) is 1. The van der Waals surface area contributed by atoms with Gasteiger partial charge in [-0.1, -0.05) is 6.07 Å². The number of rotatable bonds is 8. The minimum Gasteiger partial charge on any atom is -0.496 e. The van der Waals surface area contributed by atoms with Gasteiger partial charge in [0.1, 0.15) is 5.75 Å². The molecule has 2 N–H and O–H groups in total. The summed E-state index contributed by atoms with van der Waals surface area (Å²) in [5.41, 5.74) is 2.51. The molecule has 128 valence electrons. The van der Waals surface area contributed by atoms with Crippen LogP contribution in [-0.2, 0) is 11.3 Å². The van der Waals surface area contributed by atoms with E-state index in [-0.39, 0.29) is 0 Å². The Labute approximate surface area is 142 Å². The number of benzene rings is 1. The van der Waals surface area contributed by atoms with E-state index in [1.807, 2.05) is 24.3 Å². The van der Waals surface area contributed by atoms with Crippen molar-refractivity contribution in [3.8, 4) is 16.9 Å². The highest BCUT2D eigenvalue weighted by Crippen LogP contribution is 2.26. The maximum absolute atomic E-state index is 11.1. The van der Waals surface area contributed by atoms with Crippen LogP contribution in [0.15, 0.2) is 42.7 Å². The molecule has 5 nitrogen and oxygen atoms in total. The van der Waals surface area contributed by atoms with E-state index >= 15 is 0 Å². The highest BCUT2D eigenvalue weighted by atomic mass is 16.5. The Balaban J connectivity index is 2.05. The molecule has 5 heteroatoms. The van der Waals surface area contributed by atoms with Gasteiger partial charge in [-0.05, 0) is 62.2 Å². The molecule has 0 aliphatic carbocycles. The molecule has 0 spiro atoms. The minimum absolute atomic E-state index is 0.564. The molecule has 0 fully saturated rings. The zero-order valence-electron chi connectivity index (χ0n) is 14.4. The second kappa shape index (κ2) is 7.93. The number of carboxylic acids is 1. The van der Waals surface area contributed by atoms with Crippen molar-refractivity contribution in [2.75, 3.05) is 13.7 Å². The second-order valence-corrected chi connectivity index (χ2v) is 6.38. The van der Waals surface area contributed by atoms with Crippen LogP contribution in [0.1, 0.15) is 25.8 Å². The Morgan fingerprint density at radius 2 is 1.92 bits per heavy atom. The lowest BCUT2D eigenvalue weighted by Gasteiger charge is -2.19. The number of aromatic nitrogens is 1. The maximum atomic E-state index is 11.1. The van der Waals surface area contributed by atoms with E-state index in [0.29, 0.717) is 19.5 Å². The number of carboxylic acid groups (broad SMARTS) is 1. The zero-order valence-corrected chi connectivity index (χ0v) is 14.4. The van der Waals surface area contributed by atoms with Gasteiger partial charge in [0.15, 0.2) is 0 Å². The third-order valence-electron chi connectivity index (χ3n) is 4.12. The molecule has 1 aromatic heterocycles. The van der Waals surface area contributed by atoms with Crippen LogP contribution in [0, 0.1) is 5.41 Å². The van der Waals surface area contributed by atoms with Crippen LogP contribution in [0.3, 0.4) is 0 Å². The first-order valence-corrected chi connectivity index (χ1v) is 7.95. The third-order valence-corrected chi connectivity index (χ3v) is 4.12. The molecule has 0 radical (unpaired) electrons. The molecule has 0 saturated carbocycles. The van der Waals surface area contributed by atoms with Crippen LogP contribution in [0.2, 0.25) is 0 Å². The molecule has 0 saturated heterocycles. The fourth-order valence-electron chi connectivity index (χ4n) is 2.37. The molecule has 0 unspecified atom stereocenters. The van der Waals surface area contributed by atoms with E-state index in [1.165, 1.54) is 0 Å². The SMILES string of the molecule is COc1ccc(-c2ccncc2)cc1CNCCC(C)(C)C(=O)O. The first kappa shape index (κ1) is 17.9. The van der Waals surface area contributed by atoms with Crippen LogP contribution in [0.5, 0.6) is 5.75 Å². The van der Waals surface area contributed by atoms with Gasteiger partial charge >= 0.3 is 5.97 Å². The predicted molar refractivity (Wildman–Crippen MR) is 94.0 cm³/mol. The topological polar surface area (TPSA) is 71.5 Å². The van der Waals surface area contributed by atoms with Gasteiger partial charge in [-0.15, -0.1) is 0 Å². The summed E-state index contributed by atoms with van der Waals surface area (Å²) in [6.07, 6.45) is 4.10. The van der Waals surface area contributed by atoms with Crippen LogP contribution in [0.4, 0.5) is 0 Å². The van der Waals surface area contributed by atoms with Crippen molar-refractivity contribution >= 4 is 5.97 Å². The van der Waals surface area contributed by atoms with Gasteiger partial charge < -0.3 is 15.2 Å². The molecule has 1 aromatic carbocycles. The van der Waals surface area contributed by atoms with E-state index in [1.54, 1.807) is 33.4 Å². The molecule has 1 heterocycles. The summed E-state index contributed by atoms with van der Waals surface area (Å²) in [6.45, 7) is 4.73. The summed E-state index contributed by atoms with van der Waals surface area (Å²) in [7, 11) is 1.65. The molecule has 0 aliphatic heterocycles. The van der Waals surface area contributed by atoms with Gasteiger partial charge in [0, 0.05) is 24.5 Å². The Kier molecular flexibility index (Phi) is 5.93. The molecule has 2 aromatic rings. The van der Waals surface area contributed by atoms with Crippen LogP contribution < -0.4 is 10.1 Å². The normalized spacial score (nSPS) is 11.3. The smallest absolute Gasteiger partial charge is 0.309 e. The number of hydrogen-bond acceptors (Lipinski definition) is 4. The molecule has 2 rings (SSSR count). The summed E-state index contributed by atoms with van der Waals surface area (Å²) >= 11 is 0. The van der Waals surface area contributed by atoms with E-state index in [0.717, 1.165) is 22.4 Å². The van der Waals surface area contributed by atoms with Crippen molar-refractivity contribution in [3.05, 3.63) is 48.3 Å². The average Bonchev–Trinajstić information content (AvgIpc) is 2.59. The van der Waals surface area contributed by atoms with Crippen molar-refractivity contribution in [2.24, 2.45) is 5.41 Å². The van der Waals surface area contributed by atoms with Crippen molar-refractivity contribution in [2.45, 2.75) is 26.8 Å². The van der Waals surface area contributed by atoms with Gasteiger partial charge in [-0.25, -0.2) is 0 Å². The fraction of sp³-hybridized carbons (Fsp3) is 0.368. The Hall–Kier alpha value is -2.40. The molecular weight excluding hydrogens is 304 g/mol. The van der Waals surface area contributed by atoms with Crippen molar-refractivity contribution in [1.29, 1.82) is 0 Å². The number of ether oxygens (including phenoxy) is 1. The van der Waals surface area contributed by atoms with Gasteiger partial charge in [-0.3, -0.25) is 9.78 Å². The van der Waals surface area contributed by atoms with Gasteiger partial charge in [0.25, 0.3) is 0 Å². The standard InChI is InChI=1S/C19H24N2O3/c1-19(2,18(22)23)8-11-21-13-16-12-15(4-5-17(16)24-3)14-6-9-20-10-7-14/h4-7,9-10,12,21H,8,11,13H2,1-3H3,(H,22,23).